The number of likely N-dealkylation sites (tertiary alicyclic amines) is 1. The highest BCUT2D eigenvalue weighted by atomic mass is 32.1. The number of aliphatic hydroxyl groups is 1. The van der Waals surface area contributed by atoms with Gasteiger partial charge in [-0.2, -0.15) is 0 Å². The Morgan fingerprint density at radius 1 is 1.23 bits per heavy atom. The third-order valence-electron chi connectivity index (χ3n) is 5.20. The second kappa shape index (κ2) is 7.08. The molecule has 0 amide bonds. The zero-order valence-corrected chi connectivity index (χ0v) is 16.3. The molecule has 0 aliphatic carbocycles. The number of likely N-dealkylation sites (N-methyl/N-ethyl adjacent to an activating group) is 1. The lowest BCUT2D eigenvalue weighted by atomic mass is 10.1. The molecule has 1 saturated heterocycles. The minimum Gasteiger partial charge on any atom is -0.390 e. The van der Waals surface area contributed by atoms with Crippen LogP contribution in [0.1, 0.15) is 11.1 Å². The molecule has 3 aromatic rings. The van der Waals surface area contributed by atoms with E-state index in [0.29, 0.717) is 6.54 Å². The number of nitrogens with zero attached hydrogens (tertiary/aromatic N) is 3. The maximum atomic E-state index is 10.4. The Morgan fingerprint density at radius 3 is 2.77 bits per heavy atom. The Labute approximate surface area is 158 Å². The van der Waals surface area contributed by atoms with Crippen molar-refractivity contribution in [2.75, 3.05) is 27.2 Å². The van der Waals surface area contributed by atoms with Crippen LogP contribution in [-0.2, 0) is 6.54 Å². The van der Waals surface area contributed by atoms with E-state index in [9.17, 15) is 5.11 Å². The Bertz CT molecular complexity index is 907. The molecule has 0 unspecified atom stereocenters. The van der Waals surface area contributed by atoms with Gasteiger partial charge in [0.25, 0.3) is 0 Å². The molecule has 0 saturated carbocycles. The summed E-state index contributed by atoms with van der Waals surface area (Å²) in [5, 5.41) is 13.6. The Hall–Kier alpha value is -1.79. The SMILES string of the molecule is Cc1ccc2cc(CN3C[C@@H](O)[C@H](N(C)C)C3)c(-c3cccs3)nc2c1. The minimum absolute atomic E-state index is 0.191. The molecule has 2 atom stereocenters. The third kappa shape index (κ3) is 3.40. The van der Waals surface area contributed by atoms with Crippen LogP contribution in [0.15, 0.2) is 41.8 Å². The van der Waals surface area contributed by atoms with Crippen molar-refractivity contribution in [1.29, 1.82) is 0 Å². The first-order chi connectivity index (χ1) is 12.5. The largest absolute Gasteiger partial charge is 0.390 e. The molecule has 3 heterocycles. The van der Waals surface area contributed by atoms with Crippen LogP contribution in [0.25, 0.3) is 21.5 Å². The van der Waals surface area contributed by atoms with Crippen molar-refractivity contribution in [1.82, 2.24) is 14.8 Å². The first kappa shape index (κ1) is 17.6. The summed E-state index contributed by atoms with van der Waals surface area (Å²) in [5.74, 6) is 0. The van der Waals surface area contributed by atoms with E-state index >= 15 is 0 Å². The lowest BCUT2D eigenvalue weighted by Crippen LogP contribution is -2.37. The summed E-state index contributed by atoms with van der Waals surface area (Å²) in [6.45, 7) is 4.50. The van der Waals surface area contributed by atoms with Gasteiger partial charge in [0.15, 0.2) is 0 Å². The van der Waals surface area contributed by atoms with Gasteiger partial charge < -0.3 is 10.0 Å². The van der Waals surface area contributed by atoms with Crippen LogP contribution >= 0.6 is 11.3 Å². The number of benzene rings is 1. The molecule has 1 aromatic carbocycles. The van der Waals surface area contributed by atoms with E-state index in [1.165, 1.54) is 21.4 Å². The average molecular weight is 368 g/mol. The zero-order chi connectivity index (χ0) is 18.3. The molecule has 26 heavy (non-hydrogen) atoms. The second-order valence-corrected chi connectivity index (χ2v) is 8.41. The van der Waals surface area contributed by atoms with Gasteiger partial charge in [0.05, 0.1) is 22.2 Å². The molecule has 0 radical (unpaired) electrons. The lowest BCUT2D eigenvalue weighted by Gasteiger charge is -2.22. The van der Waals surface area contributed by atoms with Crippen molar-refractivity contribution in [2.45, 2.75) is 25.6 Å². The van der Waals surface area contributed by atoms with Crippen LogP contribution in [0, 0.1) is 6.92 Å². The predicted octanol–water partition coefficient (Wildman–Crippen LogP) is 3.38. The highest BCUT2D eigenvalue weighted by Crippen LogP contribution is 2.31. The van der Waals surface area contributed by atoms with Crippen LogP contribution in [-0.4, -0.2) is 59.2 Å². The fourth-order valence-corrected chi connectivity index (χ4v) is 4.54. The number of aromatic nitrogens is 1. The molecule has 4 nitrogen and oxygen atoms in total. The number of hydrogen-bond acceptors (Lipinski definition) is 5. The van der Waals surface area contributed by atoms with Crippen LogP contribution < -0.4 is 0 Å². The number of thiophene rings is 1. The summed E-state index contributed by atoms with van der Waals surface area (Å²) in [6.07, 6.45) is -0.300. The van der Waals surface area contributed by atoms with Gasteiger partial charge in [-0.05, 0) is 55.7 Å². The number of β-amino-alcohol motifs (C(OH)–C–C–N with tert-alkyl or cyclic N) is 1. The average Bonchev–Trinajstić information content (AvgIpc) is 3.24. The summed E-state index contributed by atoms with van der Waals surface area (Å²) < 4.78 is 0. The van der Waals surface area contributed by atoms with E-state index in [0.717, 1.165) is 24.3 Å². The lowest BCUT2D eigenvalue weighted by molar-refractivity contribution is 0.112. The summed E-state index contributed by atoms with van der Waals surface area (Å²) in [4.78, 5) is 10.7. The molecule has 2 aromatic heterocycles. The number of rotatable bonds is 4. The maximum absolute atomic E-state index is 10.4. The molecule has 1 aliphatic rings. The Balaban J connectivity index is 1.71. The van der Waals surface area contributed by atoms with Gasteiger partial charge in [0.1, 0.15) is 0 Å². The number of pyridine rings is 1. The molecule has 1 N–H and O–H groups in total. The van der Waals surface area contributed by atoms with Crippen LogP contribution in [0.2, 0.25) is 0 Å². The van der Waals surface area contributed by atoms with E-state index in [1.54, 1.807) is 11.3 Å². The van der Waals surface area contributed by atoms with Crippen molar-refractivity contribution < 1.29 is 5.11 Å². The quantitative estimate of drug-likeness (QED) is 0.767. The van der Waals surface area contributed by atoms with E-state index < -0.39 is 0 Å². The number of aryl methyl sites for hydroxylation is 1. The summed E-state index contributed by atoms with van der Waals surface area (Å²) in [7, 11) is 4.07. The first-order valence-electron chi connectivity index (χ1n) is 9.02. The highest BCUT2D eigenvalue weighted by molar-refractivity contribution is 7.13. The van der Waals surface area contributed by atoms with Gasteiger partial charge in [-0.3, -0.25) is 4.90 Å². The molecule has 1 fully saturated rings. The van der Waals surface area contributed by atoms with Gasteiger partial charge in [0, 0.05) is 31.1 Å². The van der Waals surface area contributed by atoms with Crippen LogP contribution in [0.3, 0.4) is 0 Å². The molecule has 5 heteroatoms. The molecular weight excluding hydrogens is 342 g/mol. The fourth-order valence-electron chi connectivity index (χ4n) is 3.79. The normalized spacial score (nSPS) is 21.1. The Kier molecular flexibility index (Phi) is 4.80. The number of fused-ring (bicyclic) bond motifs is 1. The van der Waals surface area contributed by atoms with Crippen molar-refractivity contribution >= 4 is 22.2 Å². The first-order valence-corrected chi connectivity index (χ1v) is 9.90. The van der Waals surface area contributed by atoms with Crippen molar-refractivity contribution in [3.05, 3.63) is 52.9 Å². The predicted molar refractivity (Wildman–Crippen MR) is 109 cm³/mol. The van der Waals surface area contributed by atoms with Gasteiger partial charge in [0.2, 0.25) is 0 Å². The van der Waals surface area contributed by atoms with E-state index in [-0.39, 0.29) is 12.1 Å². The monoisotopic (exact) mass is 367 g/mol. The second-order valence-electron chi connectivity index (χ2n) is 7.46. The van der Waals surface area contributed by atoms with Gasteiger partial charge >= 0.3 is 0 Å². The van der Waals surface area contributed by atoms with Crippen molar-refractivity contribution in [3.63, 3.8) is 0 Å². The molecule has 0 bridgehead atoms. The summed E-state index contributed by atoms with van der Waals surface area (Å²) >= 11 is 1.73. The van der Waals surface area contributed by atoms with Crippen LogP contribution in [0.5, 0.6) is 0 Å². The van der Waals surface area contributed by atoms with E-state index in [4.69, 9.17) is 4.98 Å². The Morgan fingerprint density at radius 2 is 2.08 bits per heavy atom. The van der Waals surface area contributed by atoms with E-state index in [1.807, 2.05) is 14.1 Å². The highest BCUT2D eigenvalue weighted by Gasteiger charge is 2.33. The fraction of sp³-hybridized carbons (Fsp3) is 0.381. The molecule has 136 valence electrons. The molecule has 1 aliphatic heterocycles. The van der Waals surface area contributed by atoms with E-state index in [2.05, 4.69) is 58.5 Å². The number of aliphatic hydroxyl groups excluding tert-OH is 1. The van der Waals surface area contributed by atoms with Crippen molar-refractivity contribution in [2.24, 2.45) is 0 Å². The topological polar surface area (TPSA) is 39.6 Å². The molecular formula is C21H25N3OS. The third-order valence-corrected chi connectivity index (χ3v) is 6.08. The molecule has 4 rings (SSSR count). The summed E-state index contributed by atoms with van der Waals surface area (Å²) in [6, 6.07) is 13.1. The van der Waals surface area contributed by atoms with Gasteiger partial charge in [-0.1, -0.05) is 18.2 Å². The summed E-state index contributed by atoms with van der Waals surface area (Å²) in [5.41, 5.74) is 4.58. The maximum Gasteiger partial charge on any atom is 0.0854 e. The molecule has 0 spiro atoms. The van der Waals surface area contributed by atoms with Crippen molar-refractivity contribution in [3.8, 4) is 10.6 Å². The minimum atomic E-state index is -0.300. The number of hydrogen-bond donors (Lipinski definition) is 1. The zero-order valence-electron chi connectivity index (χ0n) is 15.5. The van der Waals surface area contributed by atoms with Gasteiger partial charge in [-0.15, -0.1) is 11.3 Å². The van der Waals surface area contributed by atoms with Crippen LogP contribution in [0.4, 0.5) is 0 Å². The smallest absolute Gasteiger partial charge is 0.0854 e. The standard InChI is InChI=1S/C21H25N3OS/c1-14-6-7-15-10-16(11-24-12-18(23(2)3)19(25)13-24)21(22-17(15)9-14)20-5-4-8-26-20/h4-10,18-19,25H,11-13H2,1-3H3/t18-,19-/m1/s1. The van der Waals surface area contributed by atoms with Gasteiger partial charge in [-0.25, -0.2) is 4.98 Å².